The Kier molecular flexibility index (Phi) is 1.40. The smallest absolute Gasteiger partial charge is 0.292 e. The average molecular weight is 163 g/mol. The first kappa shape index (κ1) is 7.28. The number of carbonyl (C=O) groups excluding carboxylic acids is 2. The first-order chi connectivity index (χ1) is 5.70. The summed E-state index contributed by atoms with van der Waals surface area (Å²) < 4.78 is 0. The van der Waals surface area contributed by atoms with Crippen molar-refractivity contribution in [1.82, 2.24) is 5.32 Å². The van der Waals surface area contributed by atoms with E-state index in [0.717, 1.165) is 11.3 Å². The van der Waals surface area contributed by atoms with Gasteiger partial charge in [-0.1, -0.05) is 12.2 Å². The third-order valence-corrected chi connectivity index (χ3v) is 2.30. The summed E-state index contributed by atoms with van der Waals surface area (Å²) in [6.45, 7) is 1.90. The van der Waals surface area contributed by atoms with Gasteiger partial charge in [0.1, 0.15) is 0 Å². The van der Waals surface area contributed by atoms with E-state index in [0.29, 0.717) is 6.42 Å². The molecule has 3 heteroatoms. The first-order valence-electron chi connectivity index (χ1n) is 3.92. The molecule has 1 saturated heterocycles. The second kappa shape index (κ2) is 2.30. The summed E-state index contributed by atoms with van der Waals surface area (Å²) in [5.41, 5.74) is 1.79. The van der Waals surface area contributed by atoms with Gasteiger partial charge in [-0.2, -0.15) is 0 Å². The number of fused-ring (bicyclic) bond motifs is 1. The van der Waals surface area contributed by atoms with E-state index >= 15 is 0 Å². The molecule has 62 valence electrons. The maximum absolute atomic E-state index is 11.2. The number of hydrogen-bond donors (Lipinski definition) is 1. The third-order valence-electron chi connectivity index (χ3n) is 2.30. The average Bonchev–Trinajstić information content (AvgIpc) is 2.32. The van der Waals surface area contributed by atoms with Crippen molar-refractivity contribution in [2.24, 2.45) is 5.92 Å². The molecule has 1 N–H and O–H groups in total. The standard InChI is InChI=1S/C9H9NO2/c1-5-3-2-4-6-7(5)10-9(12)8(6)11/h2-3,6H,4H2,1H3,(H,10,12). The molecule has 1 amide bonds. The van der Waals surface area contributed by atoms with Crippen molar-refractivity contribution in [3.8, 4) is 0 Å². The number of carbonyl (C=O) groups is 2. The Balaban J connectivity index is 2.45. The fourth-order valence-corrected chi connectivity index (χ4v) is 1.63. The predicted octanol–water partition coefficient (Wildman–Crippen LogP) is 0.535. The van der Waals surface area contributed by atoms with Gasteiger partial charge in [-0.05, 0) is 18.9 Å². The van der Waals surface area contributed by atoms with Crippen LogP contribution in [0.2, 0.25) is 0 Å². The second-order valence-corrected chi connectivity index (χ2v) is 3.11. The van der Waals surface area contributed by atoms with Crippen molar-refractivity contribution in [1.29, 1.82) is 0 Å². The molecule has 0 saturated carbocycles. The molecule has 0 aromatic rings. The number of nitrogens with one attached hydrogen (secondary N) is 1. The van der Waals surface area contributed by atoms with Crippen molar-refractivity contribution in [2.75, 3.05) is 0 Å². The Bertz CT molecular complexity index is 325. The fraction of sp³-hybridized carbons (Fsp3) is 0.333. The van der Waals surface area contributed by atoms with Crippen LogP contribution < -0.4 is 5.32 Å². The maximum Gasteiger partial charge on any atom is 0.292 e. The van der Waals surface area contributed by atoms with E-state index in [1.165, 1.54) is 0 Å². The molecule has 2 aliphatic rings. The van der Waals surface area contributed by atoms with Crippen LogP contribution >= 0.6 is 0 Å². The number of amides is 1. The molecule has 1 heterocycles. The van der Waals surface area contributed by atoms with Crippen molar-refractivity contribution in [3.63, 3.8) is 0 Å². The minimum absolute atomic E-state index is 0.220. The lowest BCUT2D eigenvalue weighted by atomic mass is 9.92. The summed E-state index contributed by atoms with van der Waals surface area (Å²) in [6.07, 6.45) is 4.52. The second-order valence-electron chi connectivity index (χ2n) is 3.11. The lowest BCUT2D eigenvalue weighted by molar-refractivity contribution is -0.136. The normalized spacial score (nSPS) is 27.6. The Morgan fingerprint density at radius 3 is 2.92 bits per heavy atom. The Morgan fingerprint density at radius 1 is 1.50 bits per heavy atom. The summed E-state index contributed by atoms with van der Waals surface area (Å²) in [5.74, 6) is -0.978. The predicted molar refractivity (Wildman–Crippen MR) is 43.1 cm³/mol. The van der Waals surface area contributed by atoms with Crippen LogP contribution in [-0.2, 0) is 9.59 Å². The molecular weight excluding hydrogens is 154 g/mol. The van der Waals surface area contributed by atoms with Gasteiger partial charge in [0.15, 0.2) is 0 Å². The van der Waals surface area contributed by atoms with Crippen molar-refractivity contribution in [3.05, 3.63) is 23.4 Å². The molecule has 1 aliphatic heterocycles. The van der Waals surface area contributed by atoms with E-state index in [9.17, 15) is 9.59 Å². The van der Waals surface area contributed by atoms with E-state index in [-0.39, 0.29) is 11.7 Å². The molecule has 2 rings (SSSR count). The van der Waals surface area contributed by atoms with E-state index in [2.05, 4.69) is 5.32 Å². The quantitative estimate of drug-likeness (QED) is 0.529. The van der Waals surface area contributed by atoms with Gasteiger partial charge in [0.05, 0.1) is 5.92 Å². The molecule has 1 atom stereocenters. The van der Waals surface area contributed by atoms with E-state index < -0.39 is 5.91 Å². The van der Waals surface area contributed by atoms with Crippen LogP contribution in [0.15, 0.2) is 23.4 Å². The van der Waals surface area contributed by atoms with Crippen molar-refractivity contribution in [2.45, 2.75) is 13.3 Å². The molecule has 1 unspecified atom stereocenters. The number of hydrogen-bond acceptors (Lipinski definition) is 2. The Labute approximate surface area is 70.1 Å². The highest BCUT2D eigenvalue weighted by Gasteiger charge is 2.37. The fourth-order valence-electron chi connectivity index (χ4n) is 1.63. The molecule has 0 aromatic heterocycles. The summed E-state index contributed by atoms with van der Waals surface area (Å²) >= 11 is 0. The number of rotatable bonds is 0. The van der Waals surface area contributed by atoms with Gasteiger partial charge in [-0.25, -0.2) is 0 Å². The highest BCUT2D eigenvalue weighted by atomic mass is 16.2. The molecule has 3 nitrogen and oxygen atoms in total. The zero-order chi connectivity index (χ0) is 8.72. The van der Waals surface area contributed by atoms with Gasteiger partial charge in [0.25, 0.3) is 5.91 Å². The Hall–Kier alpha value is -1.38. The minimum atomic E-state index is -0.460. The topological polar surface area (TPSA) is 46.2 Å². The Morgan fingerprint density at radius 2 is 2.25 bits per heavy atom. The van der Waals surface area contributed by atoms with Crippen LogP contribution in [0.3, 0.4) is 0 Å². The summed E-state index contributed by atoms with van der Waals surface area (Å²) in [5, 5.41) is 2.60. The zero-order valence-corrected chi connectivity index (χ0v) is 6.76. The molecule has 0 radical (unpaired) electrons. The molecular formula is C9H9NO2. The van der Waals surface area contributed by atoms with Crippen LogP contribution in [-0.4, -0.2) is 11.7 Å². The van der Waals surface area contributed by atoms with Gasteiger partial charge in [-0.15, -0.1) is 0 Å². The zero-order valence-electron chi connectivity index (χ0n) is 6.76. The molecule has 0 spiro atoms. The number of allylic oxidation sites excluding steroid dienone is 4. The van der Waals surface area contributed by atoms with E-state index in [1.807, 2.05) is 19.1 Å². The van der Waals surface area contributed by atoms with Gasteiger partial charge in [-0.3, -0.25) is 9.59 Å². The maximum atomic E-state index is 11.2. The van der Waals surface area contributed by atoms with Crippen LogP contribution in [0.25, 0.3) is 0 Å². The van der Waals surface area contributed by atoms with Crippen LogP contribution in [0.1, 0.15) is 13.3 Å². The molecule has 1 aliphatic carbocycles. The monoisotopic (exact) mass is 163 g/mol. The highest BCUT2D eigenvalue weighted by molar-refractivity contribution is 6.40. The van der Waals surface area contributed by atoms with Crippen LogP contribution in [0, 0.1) is 5.92 Å². The number of Topliss-reactive ketones (excluding diaryl/α,β-unsaturated/α-hetero) is 1. The number of ketones is 1. The highest BCUT2D eigenvalue weighted by Crippen LogP contribution is 2.27. The van der Waals surface area contributed by atoms with Gasteiger partial charge in [0.2, 0.25) is 5.78 Å². The van der Waals surface area contributed by atoms with Gasteiger partial charge >= 0.3 is 0 Å². The third kappa shape index (κ3) is 0.826. The van der Waals surface area contributed by atoms with Crippen LogP contribution in [0.5, 0.6) is 0 Å². The largest absolute Gasteiger partial charge is 0.322 e. The first-order valence-corrected chi connectivity index (χ1v) is 3.92. The molecule has 0 bridgehead atoms. The van der Waals surface area contributed by atoms with E-state index in [4.69, 9.17) is 0 Å². The summed E-state index contributed by atoms with van der Waals surface area (Å²) in [7, 11) is 0. The lowest BCUT2D eigenvalue weighted by Gasteiger charge is -2.12. The van der Waals surface area contributed by atoms with E-state index in [1.54, 1.807) is 0 Å². The molecule has 1 fully saturated rings. The summed E-state index contributed by atoms with van der Waals surface area (Å²) in [6, 6.07) is 0. The SMILES string of the molecule is CC1=C2NC(=O)C(=O)C2CC=C1. The van der Waals surface area contributed by atoms with Gasteiger partial charge < -0.3 is 5.32 Å². The molecule has 0 aromatic carbocycles. The van der Waals surface area contributed by atoms with Crippen molar-refractivity contribution < 1.29 is 9.59 Å². The minimum Gasteiger partial charge on any atom is -0.322 e. The summed E-state index contributed by atoms with van der Waals surface area (Å²) in [4.78, 5) is 22.2. The lowest BCUT2D eigenvalue weighted by Crippen LogP contribution is -2.18. The van der Waals surface area contributed by atoms with Gasteiger partial charge in [0, 0.05) is 5.70 Å². The van der Waals surface area contributed by atoms with Crippen molar-refractivity contribution >= 4 is 11.7 Å². The van der Waals surface area contributed by atoms with Crippen LogP contribution in [0.4, 0.5) is 0 Å². The molecule has 12 heavy (non-hydrogen) atoms.